The molecule has 0 aliphatic heterocycles. The average Bonchev–Trinajstić information content (AvgIpc) is 2.87. The molecule has 0 aliphatic rings. The zero-order valence-electron chi connectivity index (χ0n) is 21.2. The van der Waals surface area contributed by atoms with Gasteiger partial charge in [-0.05, 0) is 59.7 Å². The summed E-state index contributed by atoms with van der Waals surface area (Å²) in [5.41, 5.74) is 7.19. The van der Waals surface area contributed by atoms with Crippen LogP contribution in [0.25, 0.3) is 11.1 Å². The Hall–Kier alpha value is -3.14. The molecule has 0 heterocycles. The Morgan fingerprint density at radius 1 is 0.700 bits per heavy atom. The first kappa shape index (κ1) is 33.1. The Bertz CT molecular complexity index is 1700. The molecule has 0 amide bonds. The molecule has 0 atom stereocenters. The van der Waals surface area contributed by atoms with Gasteiger partial charge in [0.25, 0.3) is 10.1 Å². The summed E-state index contributed by atoms with van der Waals surface area (Å²) in [6.45, 7) is 0. The van der Waals surface area contributed by atoms with Crippen molar-refractivity contribution in [2.75, 3.05) is 5.73 Å². The van der Waals surface area contributed by atoms with Crippen molar-refractivity contribution in [1.29, 1.82) is 0 Å². The van der Waals surface area contributed by atoms with Gasteiger partial charge in [-0.15, -0.1) is 0 Å². The molecule has 0 spiro atoms. The third-order valence-corrected chi connectivity index (χ3v) is 6.09. The van der Waals surface area contributed by atoms with E-state index >= 15 is 0 Å². The molecule has 0 radical (unpaired) electrons. The molecule has 4 N–H and O–H groups in total. The number of azo groups is 2. The summed E-state index contributed by atoms with van der Waals surface area (Å²) in [6, 6.07) is 19.1. The summed E-state index contributed by atoms with van der Waals surface area (Å²) in [7, 11) is -4.63. The second-order valence-corrected chi connectivity index (χ2v) is 9.20. The van der Waals surface area contributed by atoms with Crippen molar-refractivity contribution in [3.63, 3.8) is 0 Å². The van der Waals surface area contributed by atoms with Gasteiger partial charge in [-0.25, -0.2) is 4.79 Å². The number of carboxylic acids is 1. The molecule has 4 aromatic rings. The summed E-state index contributed by atoms with van der Waals surface area (Å²) in [6.07, 6.45) is 0. The molecule has 12 nitrogen and oxygen atoms in total. The molecule has 0 aromatic heterocycles. The van der Waals surface area contributed by atoms with Crippen molar-refractivity contribution in [3.8, 4) is 22.6 Å². The molecule has 0 aliphatic carbocycles. The minimum absolute atomic E-state index is 0. The van der Waals surface area contributed by atoms with E-state index in [2.05, 4.69) is 20.5 Å². The van der Waals surface area contributed by atoms with Crippen molar-refractivity contribution < 1.29 is 92.2 Å². The maximum atomic E-state index is 12.0. The van der Waals surface area contributed by atoms with Crippen molar-refractivity contribution in [2.24, 2.45) is 20.5 Å². The van der Waals surface area contributed by atoms with Gasteiger partial charge in [-0.3, -0.25) is 4.55 Å². The predicted octanol–water partition coefficient (Wildman–Crippen LogP) is -1.13. The summed E-state index contributed by atoms with van der Waals surface area (Å²) >= 11 is 0. The first-order valence-electron chi connectivity index (χ1n) is 10.7. The molecular formula is C25H17N5Na2O7S. The molecule has 0 fully saturated rings. The molecule has 0 unspecified atom stereocenters. The smallest absolute Gasteiger partial charge is 0.872 e. The van der Waals surface area contributed by atoms with Crippen LogP contribution in [-0.2, 0) is 10.1 Å². The maximum absolute atomic E-state index is 12.0. The van der Waals surface area contributed by atoms with E-state index in [1.807, 2.05) is 0 Å². The average molecular weight is 577 g/mol. The standard InChI is InChI=1S/C25H19N5O7S.2Na/c26-20-12-23(32)21(13-24(20)38(35,36)37)30-28-17-7-3-15(4-8-17)14-1-5-16(6-2-14)27-29-18-9-10-22(31)19(11-18)25(33)34;;/h1-13,31-32H,26H2,(H,33,34)(H,35,36,37);;/q;2*+1/p-2. The first-order chi connectivity index (χ1) is 18.0. The van der Waals surface area contributed by atoms with Gasteiger partial charge in [0, 0.05) is 0 Å². The van der Waals surface area contributed by atoms with Gasteiger partial charge in [0.05, 0.1) is 34.0 Å². The van der Waals surface area contributed by atoms with E-state index in [-0.39, 0.29) is 76.1 Å². The number of carboxylic acid groups (broad SMARTS) is 1. The number of hydrogen-bond acceptors (Lipinski definition) is 10. The summed E-state index contributed by atoms with van der Waals surface area (Å²) in [4.78, 5) is 10.5. The number of rotatable bonds is 7. The number of carbonyl (C=O) groups is 1. The fourth-order valence-corrected chi connectivity index (χ4v) is 3.90. The predicted molar refractivity (Wildman–Crippen MR) is 133 cm³/mol. The van der Waals surface area contributed by atoms with Crippen LogP contribution in [0.3, 0.4) is 0 Å². The molecule has 192 valence electrons. The third-order valence-electron chi connectivity index (χ3n) is 5.18. The van der Waals surface area contributed by atoms with Gasteiger partial charge in [-0.2, -0.15) is 28.9 Å². The summed E-state index contributed by atoms with van der Waals surface area (Å²) in [5.74, 6) is -2.60. The third kappa shape index (κ3) is 8.19. The fourth-order valence-electron chi connectivity index (χ4n) is 3.28. The monoisotopic (exact) mass is 577 g/mol. The molecule has 15 heteroatoms. The molecule has 4 aromatic carbocycles. The van der Waals surface area contributed by atoms with Crippen molar-refractivity contribution in [2.45, 2.75) is 4.90 Å². The van der Waals surface area contributed by atoms with Crippen LogP contribution in [0.4, 0.5) is 28.4 Å². The number of nitrogens with zero attached hydrogens (tertiary/aromatic N) is 4. The van der Waals surface area contributed by atoms with E-state index in [9.17, 15) is 28.0 Å². The van der Waals surface area contributed by atoms with Crippen LogP contribution in [0.15, 0.2) is 104 Å². The van der Waals surface area contributed by atoms with Gasteiger partial charge in [-0.1, -0.05) is 41.8 Å². The summed E-state index contributed by atoms with van der Waals surface area (Å²) < 4.78 is 32.0. The van der Waals surface area contributed by atoms with E-state index in [0.717, 1.165) is 35.4 Å². The van der Waals surface area contributed by atoms with Crippen LogP contribution in [0.5, 0.6) is 11.5 Å². The first-order valence-corrected chi connectivity index (χ1v) is 12.1. The Morgan fingerprint density at radius 2 is 1.18 bits per heavy atom. The number of hydrogen-bond donors (Lipinski definition) is 3. The van der Waals surface area contributed by atoms with E-state index in [0.29, 0.717) is 11.4 Å². The van der Waals surface area contributed by atoms with Crippen LogP contribution in [0.1, 0.15) is 10.4 Å². The minimum atomic E-state index is -4.63. The number of anilines is 1. The van der Waals surface area contributed by atoms with Gasteiger partial charge < -0.3 is 21.1 Å². The second-order valence-electron chi connectivity index (χ2n) is 7.81. The van der Waals surface area contributed by atoms with Crippen molar-refractivity contribution in [3.05, 3.63) is 84.4 Å². The van der Waals surface area contributed by atoms with Crippen LogP contribution < -0.4 is 75.1 Å². The SMILES string of the molecule is Nc1cc([O-])c(N=Nc2ccc(-c3ccc(N=Nc4ccc([O-])c(C(=O)O)c4)cc3)cc2)cc1S(=O)(=O)O.[Na+].[Na+]. The molecule has 0 saturated carbocycles. The number of aromatic carboxylic acids is 1. The van der Waals surface area contributed by atoms with Crippen LogP contribution >= 0.6 is 0 Å². The molecule has 0 bridgehead atoms. The quantitative estimate of drug-likeness (QED) is 0.105. The Morgan fingerprint density at radius 3 is 1.68 bits per heavy atom. The normalized spacial score (nSPS) is 11.2. The summed E-state index contributed by atoms with van der Waals surface area (Å²) in [5, 5.41) is 48.4. The number of benzene rings is 4. The van der Waals surface area contributed by atoms with E-state index in [4.69, 9.17) is 10.8 Å². The number of nitrogens with two attached hydrogens (primary N) is 1. The van der Waals surface area contributed by atoms with Crippen LogP contribution in [-0.4, -0.2) is 24.0 Å². The van der Waals surface area contributed by atoms with E-state index in [1.54, 1.807) is 48.5 Å². The topological polar surface area (TPSA) is 213 Å². The van der Waals surface area contributed by atoms with Crippen molar-refractivity contribution in [1.82, 2.24) is 0 Å². The van der Waals surface area contributed by atoms with E-state index in [1.165, 1.54) is 6.07 Å². The van der Waals surface area contributed by atoms with Gasteiger partial charge in [0.15, 0.2) is 0 Å². The zero-order valence-corrected chi connectivity index (χ0v) is 26.0. The Kier molecular flexibility index (Phi) is 11.5. The van der Waals surface area contributed by atoms with Crippen LogP contribution in [0.2, 0.25) is 0 Å². The van der Waals surface area contributed by atoms with Crippen molar-refractivity contribution >= 4 is 44.5 Å². The van der Waals surface area contributed by atoms with Gasteiger partial charge in [0.2, 0.25) is 0 Å². The molecule has 0 saturated heterocycles. The Labute approximate surface area is 272 Å². The zero-order chi connectivity index (χ0) is 27.4. The largest absolute Gasteiger partial charge is 1.00 e. The fraction of sp³-hybridized carbons (Fsp3) is 0. The van der Waals surface area contributed by atoms with Gasteiger partial charge >= 0.3 is 65.1 Å². The maximum Gasteiger partial charge on any atom is 1.00 e. The van der Waals surface area contributed by atoms with Crippen LogP contribution in [0, 0.1) is 0 Å². The Balaban J connectivity index is 0.00000280. The number of nitrogen functional groups attached to an aromatic ring is 1. The minimum Gasteiger partial charge on any atom is -0.872 e. The molecule has 4 rings (SSSR count). The van der Waals surface area contributed by atoms with Gasteiger partial charge in [0.1, 0.15) is 4.90 Å². The van der Waals surface area contributed by atoms with E-state index < -0.39 is 38.2 Å². The molecule has 40 heavy (non-hydrogen) atoms. The molecular weight excluding hydrogens is 560 g/mol. The second kappa shape index (κ2) is 14.0.